The van der Waals surface area contributed by atoms with Crippen molar-refractivity contribution >= 4 is 17.7 Å². The highest BCUT2D eigenvalue weighted by atomic mass is 32.2. The van der Waals surface area contributed by atoms with E-state index in [-0.39, 0.29) is 11.2 Å². The van der Waals surface area contributed by atoms with E-state index < -0.39 is 0 Å². The van der Waals surface area contributed by atoms with Crippen LogP contribution >= 0.6 is 11.8 Å². The summed E-state index contributed by atoms with van der Waals surface area (Å²) >= 11 is 1.47. The number of aromatic nitrogens is 2. The summed E-state index contributed by atoms with van der Waals surface area (Å²) < 4.78 is 7.22. The molecule has 1 atom stereocenters. The topological polar surface area (TPSA) is 56.1 Å². The van der Waals surface area contributed by atoms with Gasteiger partial charge in [0.1, 0.15) is 5.75 Å². The molecule has 0 saturated heterocycles. The Labute approximate surface area is 176 Å². The van der Waals surface area contributed by atoms with Gasteiger partial charge in [0.25, 0.3) is 0 Å². The average molecular weight is 410 g/mol. The van der Waals surface area contributed by atoms with Crippen LogP contribution < -0.4 is 10.1 Å². The number of rotatable bonds is 8. The van der Waals surface area contributed by atoms with Gasteiger partial charge >= 0.3 is 0 Å². The van der Waals surface area contributed by atoms with Crippen LogP contribution in [0.4, 0.5) is 0 Å². The molecule has 3 rings (SSSR count). The van der Waals surface area contributed by atoms with Gasteiger partial charge in [0, 0.05) is 18.9 Å². The molecule has 1 aromatic heterocycles. The van der Waals surface area contributed by atoms with E-state index in [2.05, 4.69) is 36.3 Å². The molecule has 2 aromatic carbocycles. The van der Waals surface area contributed by atoms with Crippen LogP contribution in [0.15, 0.2) is 60.0 Å². The Hall–Kier alpha value is -2.73. The Kier molecular flexibility index (Phi) is 6.99. The third kappa shape index (κ3) is 5.21. The highest BCUT2D eigenvalue weighted by molar-refractivity contribution is 8.00. The molecule has 0 saturated carbocycles. The molecular weight excluding hydrogens is 382 g/mol. The SMILES string of the molecule is COc1ccc(CCNC(=O)C(C)Sc2nccn2-c2cccc(C)c2C)cc1. The summed E-state index contributed by atoms with van der Waals surface area (Å²) in [5.74, 6) is 0.848. The van der Waals surface area contributed by atoms with Gasteiger partial charge in [-0.25, -0.2) is 4.98 Å². The number of hydrogen-bond donors (Lipinski definition) is 1. The molecule has 3 aromatic rings. The first-order chi connectivity index (χ1) is 14.0. The van der Waals surface area contributed by atoms with Gasteiger partial charge in [0.15, 0.2) is 5.16 Å². The second-order valence-electron chi connectivity index (χ2n) is 6.95. The fourth-order valence-electron chi connectivity index (χ4n) is 3.03. The normalized spacial score (nSPS) is 11.9. The van der Waals surface area contributed by atoms with Crippen molar-refractivity contribution in [2.75, 3.05) is 13.7 Å². The fraction of sp³-hybridized carbons (Fsp3) is 0.304. The molecule has 0 aliphatic heterocycles. The number of methoxy groups -OCH3 is 1. The number of amides is 1. The number of ether oxygens (including phenoxy) is 1. The van der Waals surface area contributed by atoms with Gasteiger partial charge in [-0.05, 0) is 62.1 Å². The van der Waals surface area contributed by atoms with Gasteiger partial charge < -0.3 is 10.1 Å². The number of thioether (sulfide) groups is 1. The lowest BCUT2D eigenvalue weighted by atomic mass is 10.1. The minimum atomic E-state index is -0.239. The monoisotopic (exact) mass is 409 g/mol. The zero-order chi connectivity index (χ0) is 20.8. The van der Waals surface area contributed by atoms with E-state index in [1.165, 1.54) is 22.9 Å². The Morgan fingerprint density at radius 1 is 1.21 bits per heavy atom. The number of benzene rings is 2. The van der Waals surface area contributed by atoms with Crippen molar-refractivity contribution in [1.29, 1.82) is 0 Å². The lowest BCUT2D eigenvalue weighted by molar-refractivity contribution is -0.120. The number of imidazole rings is 1. The largest absolute Gasteiger partial charge is 0.497 e. The first kappa shape index (κ1) is 21.0. The van der Waals surface area contributed by atoms with Gasteiger partial charge in [0.2, 0.25) is 5.91 Å². The van der Waals surface area contributed by atoms with E-state index in [0.29, 0.717) is 6.54 Å². The van der Waals surface area contributed by atoms with Crippen molar-refractivity contribution in [3.8, 4) is 11.4 Å². The summed E-state index contributed by atoms with van der Waals surface area (Å²) in [6, 6.07) is 14.1. The van der Waals surface area contributed by atoms with Crippen molar-refractivity contribution in [3.05, 3.63) is 71.5 Å². The number of carbonyl (C=O) groups excluding carboxylic acids is 1. The van der Waals surface area contributed by atoms with Crippen molar-refractivity contribution in [2.24, 2.45) is 0 Å². The van der Waals surface area contributed by atoms with E-state index in [4.69, 9.17) is 4.74 Å². The van der Waals surface area contributed by atoms with Crippen LogP contribution in [0.1, 0.15) is 23.6 Å². The predicted molar refractivity (Wildman–Crippen MR) is 118 cm³/mol. The molecular formula is C23H27N3O2S. The maximum Gasteiger partial charge on any atom is 0.233 e. The van der Waals surface area contributed by atoms with Crippen LogP contribution in [-0.4, -0.2) is 34.4 Å². The first-order valence-corrected chi connectivity index (χ1v) is 10.5. The molecule has 0 aliphatic rings. The molecule has 5 nitrogen and oxygen atoms in total. The highest BCUT2D eigenvalue weighted by Gasteiger charge is 2.18. The van der Waals surface area contributed by atoms with Crippen molar-refractivity contribution in [2.45, 2.75) is 37.6 Å². The van der Waals surface area contributed by atoms with E-state index in [1.807, 2.05) is 48.0 Å². The van der Waals surface area contributed by atoms with Gasteiger partial charge in [-0.2, -0.15) is 0 Å². The second kappa shape index (κ2) is 9.65. The lowest BCUT2D eigenvalue weighted by Crippen LogP contribution is -2.32. The fourth-order valence-corrected chi connectivity index (χ4v) is 3.94. The molecule has 1 heterocycles. The number of nitrogens with one attached hydrogen (secondary N) is 1. The molecule has 0 spiro atoms. The van der Waals surface area contributed by atoms with E-state index in [9.17, 15) is 4.79 Å². The van der Waals surface area contributed by atoms with Crippen LogP contribution in [0.5, 0.6) is 5.75 Å². The van der Waals surface area contributed by atoms with Crippen LogP contribution in [0.3, 0.4) is 0 Å². The molecule has 0 aliphatic carbocycles. The summed E-state index contributed by atoms with van der Waals surface area (Å²) in [7, 11) is 1.65. The maximum atomic E-state index is 12.5. The van der Waals surface area contributed by atoms with Gasteiger partial charge in [0.05, 0.1) is 18.0 Å². The van der Waals surface area contributed by atoms with E-state index in [0.717, 1.165) is 28.6 Å². The molecule has 152 valence electrons. The summed E-state index contributed by atoms with van der Waals surface area (Å²) in [6.45, 7) is 6.72. The maximum absolute atomic E-state index is 12.5. The Balaban J connectivity index is 1.57. The zero-order valence-electron chi connectivity index (χ0n) is 17.3. The average Bonchev–Trinajstić information content (AvgIpc) is 3.18. The highest BCUT2D eigenvalue weighted by Crippen LogP contribution is 2.27. The third-order valence-electron chi connectivity index (χ3n) is 4.97. The van der Waals surface area contributed by atoms with Gasteiger partial charge in [-0.1, -0.05) is 36.0 Å². The minimum absolute atomic E-state index is 0.0130. The Morgan fingerprint density at radius 2 is 1.97 bits per heavy atom. The van der Waals surface area contributed by atoms with Crippen LogP contribution in [-0.2, 0) is 11.2 Å². The second-order valence-corrected chi connectivity index (χ2v) is 8.26. The van der Waals surface area contributed by atoms with Crippen LogP contribution in [0.2, 0.25) is 0 Å². The summed E-state index contributed by atoms with van der Waals surface area (Å²) in [5.41, 5.74) is 4.70. The van der Waals surface area contributed by atoms with Crippen LogP contribution in [0.25, 0.3) is 5.69 Å². The van der Waals surface area contributed by atoms with Crippen LogP contribution in [0, 0.1) is 13.8 Å². The predicted octanol–water partition coefficient (Wildman–Crippen LogP) is 4.34. The number of nitrogens with zero attached hydrogens (tertiary/aromatic N) is 2. The standard InChI is InChI=1S/C23H27N3O2S/c1-16-6-5-7-21(17(16)2)26-15-14-25-23(26)29-18(3)22(27)24-13-12-19-8-10-20(28-4)11-9-19/h5-11,14-15,18H,12-13H2,1-4H3,(H,24,27). The molecule has 1 amide bonds. The molecule has 0 radical (unpaired) electrons. The Bertz CT molecular complexity index is 967. The lowest BCUT2D eigenvalue weighted by Gasteiger charge is -2.15. The summed E-state index contributed by atoms with van der Waals surface area (Å²) in [5, 5.41) is 3.60. The van der Waals surface area contributed by atoms with E-state index >= 15 is 0 Å². The van der Waals surface area contributed by atoms with E-state index in [1.54, 1.807) is 13.3 Å². The molecule has 1 N–H and O–H groups in total. The minimum Gasteiger partial charge on any atom is -0.497 e. The summed E-state index contributed by atoms with van der Waals surface area (Å²) in [4.78, 5) is 17.0. The molecule has 1 unspecified atom stereocenters. The third-order valence-corrected chi connectivity index (χ3v) is 6.05. The smallest absolute Gasteiger partial charge is 0.233 e. The van der Waals surface area contributed by atoms with Crippen molar-refractivity contribution in [1.82, 2.24) is 14.9 Å². The Morgan fingerprint density at radius 3 is 2.69 bits per heavy atom. The zero-order valence-corrected chi connectivity index (χ0v) is 18.1. The quantitative estimate of drug-likeness (QED) is 0.563. The van der Waals surface area contributed by atoms with Crippen molar-refractivity contribution < 1.29 is 9.53 Å². The summed E-state index contributed by atoms with van der Waals surface area (Å²) in [6.07, 6.45) is 4.50. The molecule has 0 bridgehead atoms. The first-order valence-electron chi connectivity index (χ1n) is 9.67. The molecule has 0 fully saturated rings. The van der Waals surface area contributed by atoms with Crippen molar-refractivity contribution in [3.63, 3.8) is 0 Å². The molecule has 29 heavy (non-hydrogen) atoms. The number of carbonyl (C=O) groups is 1. The van der Waals surface area contributed by atoms with Gasteiger partial charge in [-0.15, -0.1) is 0 Å². The molecule has 6 heteroatoms. The number of hydrogen-bond acceptors (Lipinski definition) is 4. The van der Waals surface area contributed by atoms with Gasteiger partial charge in [-0.3, -0.25) is 9.36 Å². The number of aryl methyl sites for hydroxylation is 1.